The fourth-order valence-corrected chi connectivity index (χ4v) is 1.96. The molecule has 0 fully saturated rings. The maximum absolute atomic E-state index is 14.1. The Bertz CT molecular complexity index is 652. The Hall–Kier alpha value is -1.89. The van der Waals surface area contributed by atoms with Gasteiger partial charge < -0.3 is 14.6 Å². The molecule has 0 aliphatic rings. The first-order valence-electron chi connectivity index (χ1n) is 7.27. The van der Waals surface area contributed by atoms with E-state index in [1.807, 2.05) is 0 Å². The minimum Gasteiger partial charge on any atom is -0.511 e. The number of halogens is 3. The van der Waals surface area contributed by atoms with Crippen molar-refractivity contribution in [1.29, 1.82) is 0 Å². The Morgan fingerprint density at radius 1 is 1.46 bits per heavy atom. The molecule has 1 rings (SSSR count). The van der Waals surface area contributed by atoms with Crippen LogP contribution in [0.2, 0.25) is 0 Å². The van der Waals surface area contributed by atoms with Gasteiger partial charge in [0.2, 0.25) is 0 Å². The summed E-state index contributed by atoms with van der Waals surface area (Å²) in [5.74, 6) is -1.77. The number of aliphatic hydroxyl groups is 1. The van der Waals surface area contributed by atoms with Gasteiger partial charge in [0.15, 0.2) is 0 Å². The molecule has 0 aromatic heterocycles. The maximum Gasteiger partial charge on any atom is 0.310 e. The summed E-state index contributed by atoms with van der Waals surface area (Å²) in [5, 5.41) is 9.25. The molecule has 1 atom stereocenters. The predicted octanol–water partition coefficient (Wildman–Crippen LogP) is 4.74. The molecule has 24 heavy (non-hydrogen) atoms. The monoisotopic (exact) mass is 404 g/mol. The van der Waals surface area contributed by atoms with E-state index in [9.17, 15) is 18.7 Å². The zero-order valence-corrected chi connectivity index (χ0v) is 15.2. The average Bonchev–Trinajstić information content (AvgIpc) is 2.49. The highest BCUT2D eigenvalue weighted by Gasteiger charge is 2.16. The second kappa shape index (κ2) is 9.42. The van der Waals surface area contributed by atoms with Crippen molar-refractivity contribution in [2.45, 2.75) is 33.3 Å². The van der Waals surface area contributed by atoms with Gasteiger partial charge in [-0.05, 0) is 48.8 Å². The Morgan fingerprint density at radius 3 is 2.71 bits per heavy atom. The van der Waals surface area contributed by atoms with E-state index in [-0.39, 0.29) is 29.0 Å². The fraction of sp³-hybridized carbons (Fsp3) is 0.353. The number of hydrogen-bond acceptors (Lipinski definition) is 4. The zero-order chi connectivity index (χ0) is 18.3. The predicted molar refractivity (Wildman–Crippen MR) is 90.3 cm³/mol. The molecule has 0 aliphatic carbocycles. The van der Waals surface area contributed by atoms with Crippen molar-refractivity contribution >= 4 is 21.9 Å². The number of aliphatic hydroxyl groups excluding tert-OH is 1. The van der Waals surface area contributed by atoms with E-state index in [0.29, 0.717) is 5.56 Å². The second-order valence-corrected chi connectivity index (χ2v) is 5.81. The van der Waals surface area contributed by atoms with Crippen molar-refractivity contribution < 1.29 is 28.2 Å². The first kappa shape index (κ1) is 20.2. The molecule has 0 bridgehead atoms. The number of carbonyl (C=O) groups excluding carboxylic acids is 1. The van der Waals surface area contributed by atoms with Gasteiger partial charge in [-0.15, -0.1) is 0 Å². The Balaban J connectivity index is 2.99. The van der Waals surface area contributed by atoms with E-state index in [4.69, 9.17) is 9.47 Å². The van der Waals surface area contributed by atoms with Gasteiger partial charge in [-0.1, -0.05) is 6.07 Å². The van der Waals surface area contributed by atoms with Gasteiger partial charge in [0.1, 0.15) is 29.3 Å². The number of esters is 1. The van der Waals surface area contributed by atoms with E-state index in [0.717, 1.165) is 12.1 Å². The highest BCUT2D eigenvalue weighted by atomic mass is 79.9. The van der Waals surface area contributed by atoms with Gasteiger partial charge in [0, 0.05) is 11.6 Å². The lowest BCUT2D eigenvalue weighted by atomic mass is 10.1. The van der Waals surface area contributed by atoms with E-state index in [2.05, 4.69) is 15.9 Å². The van der Waals surface area contributed by atoms with Crippen LogP contribution < -0.4 is 4.74 Å². The van der Waals surface area contributed by atoms with Crippen molar-refractivity contribution in [3.8, 4) is 5.75 Å². The van der Waals surface area contributed by atoms with Crippen LogP contribution in [-0.2, 0) is 16.0 Å². The lowest BCUT2D eigenvalue weighted by molar-refractivity contribution is -0.142. The number of ether oxygens (including phenoxy) is 2. The van der Waals surface area contributed by atoms with Crippen LogP contribution in [-0.4, -0.2) is 23.8 Å². The number of allylic oxidation sites excluding steroid dienone is 3. The van der Waals surface area contributed by atoms with Gasteiger partial charge in [-0.25, -0.2) is 8.78 Å². The number of carbonyl (C=O) groups is 1. The topological polar surface area (TPSA) is 55.8 Å². The molecule has 1 unspecified atom stereocenters. The van der Waals surface area contributed by atoms with Crippen molar-refractivity contribution in [2.24, 2.45) is 0 Å². The highest BCUT2D eigenvalue weighted by Crippen LogP contribution is 2.25. The summed E-state index contributed by atoms with van der Waals surface area (Å²) in [6.45, 7) is 4.73. The first-order chi connectivity index (χ1) is 11.2. The largest absolute Gasteiger partial charge is 0.511 e. The molecule has 0 saturated carbocycles. The average molecular weight is 405 g/mol. The number of hydrogen-bond donors (Lipinski definition) is 1. The van der Waals surface area contributed by atoms with Crippen molar-refractivity contribution in [2.75, 3.05) is 6.61 Å². The minimum atomic E-state index is -1.04. The molecule has 1 aromatic carbocycles. The lowest BCUT2D eigenvalue weighted by Gasteiger charge is -2.16. The van der Waals surface area contributed by atoms with Crippen LogP contribution in [0, 0.1) is 5.82 Å². The lowest BCUT2D eigenvalue weighted by Crippen LogP contribution is -2.15. The standard InChI is InChI=1S/C17H19BrF2O4/c1-4-23-17(22)7-12-5-6-13(19)8-16(12)24-11(3)15(20)9-14(18)10(2)21/h5-6,8-9,11,21H,4,7H2,1-3H3/b14-10-,15-9-. The quantitative estimate of drug-likeness (QED) is 0.405. The molecule has 1 N–H and O–H groups in total. The summed E-state index contributed by atoms with van der Waals surface area (Å²) in [6.07, 6.45) is -0.0924. The first-order valence-corrected chi connectivity index (χ1v) is 8.07. The van der Waals surface area contributed by atoms with Crippen molar-refractivity contribution in [3.63, 3.8) is 0 Å². The number of rotatable bonds is 7. The Kier molecular flexibility index (Phi) is 7.91. The Morgan fingerprint density at radius 2 is 2.12 bits per heavy atom. The van der Waals surface area contributed by atoms with E-state index in [1.54, 1.807) is 6.92 Å². The van der Waals surface area contributed by atoms with Crippen molar-refractivity contribution in [3.05, 3.63) is 51.7 Å². The van der Waals surface area contributed by atoms with Gasteiger partial charge >= 0.3 is 5.97 Å². The van der Waals surface area contributed by atoms with E-state index in [1.165, 1.54) is 26.0 Å². The van der Waals surface area contributed by atoms with Crippen LogP contribution >= 0.6 is 15.9 Å². The summed E-state index contributed by atoms with van der Waals surface area (Å²) in [6, 6.07) is 3.66. The van der Waals surface area contributed by atoms with Gasteiger partial charge in [-0.3, -0.25) is 4.79 Å². The van der Waals surface area contributed by atoms with E-state index >= 15 is 0 Å². The molecule has 1 aromatic rings. The Labute approximate surface area is 147 Å². The summed E-state index contributed by atoms with van der Waals surface area (Å²) in [7, 11) is 0. The molecule has 7 heteroatoms. The van der Waals surface area contributed by atoms with Crippen LogP contribution in [0.15, 0.2) is 40.3 Å². The number of benzene rings is 1. The van der Waals surface area contributed by atoms with Gasteiger partial charge in [0.25, 0.3) is 0 Å². The third-order valence-electron chi connectivity index (χ3n) is 2.97. The second-order valence-electron chi connectivity index (χ2n) is 4.96. The SMILES string of the molecule is CCOC(=O)Cc1ccc(F)cc1OC(C)/C(F)=C/C(Br)=C(\C)O. The molecule has 0 spiro atoms. The zero-order valence-electron chi connectivity index (χ0n) is 13.6. The molecule has 0 saturated heterocycles. The molecule has 0 radical (unpaired) electrons. The van der Waals surface area contributed by atoms with E-state index < -0.39 is 23.7 Å². The van der Waals surface area contributed by atoms with Crippen LogP contribution in [0.25, 0.3) is 0 Å². The van der Waals surface area contributed by atoms with Crippen LogP contribution in [0.5, 0.6) is 5.75 Å². The molecule has 132 valence electrons. The molecule has 0 heterocycles. The third-order valence-corrected chi connectivity index (χ3v) is 3.77. The normalized spacial score (nSPS) is 14.0. The molecular formula is C17H19BrF2O4. The summed E-state index contributed by atoms with van der Waals surface area (Å²) in [5.41, 5.74) is 0.391. The van der Waals surface area contributed by atoms with Crippen LogP contribution in [0.3, 0.4) is 0 Å². The minimum absolute atomic E-state index is 0.0555. The fourth-order valence-electron chi connectivity index (χ4n) is 1.74. The molecule has 0 amide bonds. The molecule has 0 aliphatic heterocycles. The smallest absolute Gasteiger partial charge is 0.310 e. The highest BCUT2D eigenvalue weighted by molar-refractivity contribution is 9.11. The molecule has 4 nitrogen and oxygen atoms in total. The maximum atomic E-state index is 14.1. The van der Waals surface area contributed by atoms with Crippen LogP contribution in [0.1, 0.15) is 26.3 Å². The van der Waals surface area contributed by atoms with Gasteiger partial charge in [-0.2, -0.15) is 0 Å². The summed E-state index contributed by atoms with van der Waals surface area (Å²) in [4.78, 5) is 11.6. The van der Waals surface area contributed by atoms with Crippen molar-refractivity contribution in [1.82, 2.24) is 0 Å². The van der Waals surface area contributed by atoms with Crippen LogP contribution in [0.4, 0.5) is 8.78 Å². The summed E-state index contributed by atoms with van der Waals surface area (Å²) >= 11 is 3.01. The third kappa shape index (κ3) is 6.31. The van der Waals surface area contributed by atoms with Gasteiger partial charge in [0.05, 0.1) is 17.5 Å². The molecular weight excluding hydrogens is 386 g/mol. The summed E-state index contributed by atoms with van der Waals surface area (Å²) < 4.78 is 38.0.